The molecule has 3 aromatic rings. The van der Waals surface area contributed by atoms with Crippen molar-refractivity contribution in [2.45, 2.75) is 59.5 Å². The van der Waals surface area contributed by atoms with Crippen molar-refractivity contribution in [2.75, 3.05) is 0 Å². The van der Waals surface area contributed by atoms with Crippen molar-refractivity contribution in [3.63, 3.8) is 0 Å². The quantitative estimate of drug-likeness (QED) is 0.695. The molecule has 0 fully saturated rings. The fourth-order valence-electron chi connectivity index (χ4n) is 3.60. The lowest BCUT2D eigenvalue weighted by Gasteiger charge is -2.25. The largest absolute Gasteiger partial charge is 0.304 e. The molecule has 4 heteroatoms. The van der Waals surface area contributed by atoms with E-state index in [0.717, 1.165) is 11.4 Å². The van der Waals surface area contributed by atoms with Gasteiger partial charge in [0.1, 0.15) is 5.65 Å². The maximum atomic E-state index is 12.5. The minimum Gasteiger partial charge on any atom is -0.304 e. The van der Waals surface area contributed by atoms with Gasteiger partial charge in [0.05, 0.1) is 5.69 Å². The molecule has 0 amide bonds. The highest BCUT2D eigenvalue weighted by molar-refractivity contribution is 5.40. The van der Waals surface area contributed by atoms with E-state index in [0.29, 0.717) is 18.1 Å². The standard InChI is InChI=1S/C24H31N3O/c1-16(2)23(18-10-12-19(13-11-18)24(4,5)6)25-15-20-14-22(28)27-17(3)8-7-9-21(27)26-20/h7-14,16,23,25H,15H2,1-6H3/t23-/m0/s1. The maximum absolute atomic E-state index is 12.5. The van der Waals surface area contributed by atoms with Gasteiger partial charge in [-0.2, -0.15) is 0 Å². The molecule has 0 aliphatic heterocycles. The molecule has 0 bridgehead atoms. The molecule has 4 nitrogen and oxygen atoms in total. The summed E-state index contributed by atoms with van der Waals surface area (Å²) in [4.78, 5) is 17.2. The van der Waals surface area contributed by atoms with Crippen LogP contribution < -0.4 is 10.9 Å². The van der Waals surface area contributed by atoms with E-state index >= 15 is 0 Å². The summed E-state index contributed by atoms with van der Waals surface area (Å²) in [6.45, 7) is 13.6. The number of rotatable bonds is 5. The Labute approximate surface area is 167 Å². The van der Waals surface area contributed by atoms with Crippen LogP contribution in [0, 0.1) is 12.8 Å². The van der Waals surface area contributed by atoms with Gasteiger partial charge in [-0.3, -0.25) is 9.20 Å². The van der Waals surface area contributed by atoms with Gasteiger partial charge in [0.15, 0.2) is 0 Å². The molecule has 0 radical (unpaired) electrons. The van der Waals surface area contributed by atoms with E-state index in [1.165, 1.54) is 11.1 Å². The van der Waals surface area contributed by atoms with Crippen LogP contribution in [0.15, 0.2) is 53.3 Å². The van der Waals surface area contributed by atoms with Crippen LogP contribution in [0.25, 0.3) is 5.65 Å². The van der Waals surface area contributed by atoms with E-state index in [-0.39, 0.29) is 17.0 Å². The molecule has 0 saturated carbocycles. The highest BCUT2D eigenvalue weighted by Gasteiger charge is 2.18. The van der Waals surface area contributed by atoms with Gasteiger partial charge in [0.25, 0.3) is 5.56 Å². The average molecular weight is 378 g/mol. The molecule has 0 spiro atoms. The molecule has 1 N–H and O–H groups in total. The van der Waals surface area contributed by atoms with Crippen LogP contribution in [0.1, 0.15) is 63.2 Å². The van der Waals surface area contributed by atoms with Gasteiger partial charge >= 0.3 is 0 Å². The van der Waals surface area contributed by atoms with Crippen molar-refractivity contribution in [1.29, 1.82) is 0 Å². The minimum atomic E-state index is -0.0319. The van der Waals surface area contributed by atoms with Crippen LogP contribution in [0.5, 0.6) is 0 Å². The zero-order chi connectivity index (χ0) is 20.5. The Morgan fingerprint density at radius 3 is 2.36 bits per heavy atom. The molecular formula is C24H31N3O. The van der Waals surface area contributed by atoms with E-state index in [1.807, 2.05) is 25.1 Å². The topological polar surface area (TPSA) is 46.4 Å². The number of aromatic nitrogens is 2. The summed E-state index contributed by atoms with van der Waals surface area (Å²) < 4.78 is 1.65. The van der Waals surface area contributed by atoms with E-state index in [4.69, 9.17) is 0 Å². The number of hydrogen-bond donors (Lipinski definition) is 1. The Bertz CT molecular complexity index is 1010. The second kappa shape index (κ2) is 7.88. The molecule has 2 aromatic heterocycles. The van der Waals surface area contributed by atoms with E-state index in [9.17, 15) is 4.79 Å². The Hall–Kier alpha value is -2.46. The summed E-state index contributed by atoms with van der Waals surface area (Å²) in [7, 11) is 0. The number of nitrogens with one attached hydrogen (secondary N) is 1. The second-order valence-electron chi connectivity index (χ2n) is 8.92. The average Bonchev–Trinajstić information content (AvgIpc) is 2.61. The van der Waals surface area contributed by atoms with Gasteiger partial charge < -0.3 is 5.32 Å². The zero-order valence-electron chi connectivity index (χ0n) is 17.8. The lowest BCUT2D eigenvalue weighted by Crippen LogP contribution is -2.27. The Morgan fingerprint density at radius 1 is 1.07 bits per heavy atom. The van der Waals surface area contributed by atoms with Crippen LogP contribution in [-0.2, 0) is 12.0 Å². The number of benzene rings is 1. The van der Waals surface area contributed by atoms with Crippen molar-refractivity contribution < 1.29 is 0 Å². The molecular weight excluding hydrogens is 346 g/mol. The van der Waals surface area contributed by atoms with Gasteiger partial charge in [-0.15, -0.1) is 0 Å². The molecule has 0 aliphatic rings. The zero-order valence-corrected chi connectivity index (χ0v) is 17.8. The van der Waals surface area contributed by atoms with Gasteiger partial charge in [-0.25, -0.2) is 4.98 Å². The summed E-state index contributed by atoms with van der Waals surface area (Å²) in [5.74, 6) is 0.421. The number of pyridine rings is 1. The monoisotopic (exact) mass is 377 g/mol. The van der Waals surface area contributed by atoms with Gasteiger partial charge in [0.2, 0.25) is 0 Å². The van der Waals surface area contributed by atoms with E-state index in [2.05, 4.69) is 69.2 Å². The predicted molar refractivity (Wildman–Crippen MR) is 116 cm³/mol. The first kappa shape index (κ1) is 20.3. The molecule has 3 rings (SSSR count). The van der Waals surface area contributed by atoms with Crippen LogP contribution >= 0.6 is 0 Å². The first-order chi connectivity index (χ1) is 13.2. The number of hydrogen-bond acceptors (Lipinski definition) is 3. The van der Waals surface area contributed by atoms with E-state index < -0.39 is 0 Å². The summed E-state index contributed by atoms with van der Waals surface area (Å²) in [5.41, 5.74) is 5.07. The molecule has 148 valence electrons. The van der Waals surface area contributed by atoms with Gasteiger partial charge in [0, 0.05) is 24.3 Å². The van der Waals surface area contributed by atoms with Gasteiger partial charge in [-0.05, 0) is 41.5 Å². The molecule has 0 aliphatic carbocycles. The SMILES string of the molecule is Cc1cccc2nc(CN[C@H](c3ccc(C(C)(C)C)cc3)C(C)C)cc(=O)n12. The highest BCUT2D eigenvalue weighted by Crippen LogP contribution is 2.27. The lowest BCUT2D eigenvalue weighted by molar-refractivity contribution is 0.408. The van der Waals surface area contributed by atoms with Crippen LogP contribution in [0.3, 0.4) is 0 Å². The normalized spacial score (nSPS) is 13.2. The Kier molecular flexibility index (Phi) is 5.71. The first-order valence-corrected chi connectivity index (χ1v) is 9.99. The lowest BCUT2D eigenvalue weighted by atomic mass is 9.85. The minimum absolute atomic E-state index is 0.0319. The molecule has 2 heterocycles. The van der Waals surface area contributed by atoms with Crippen molar-refractivity contribution in [2.24, 2.45) is 5.92 Å². The van der Waals surface area contributed by atoms with Crippen LogP contribution in [0.4, 0.5) is 0 Å². The fourth-order valence-corrected chi connectivity index (χ4v) is 3.60. The molecule has 0 unspecified atom stereocenters. The van der Waals surface area contributed by atoms with Crippen LogP contribution in [-0.4, -0.2) is 9.38 Å². The third-order valence-corrected chi connectivity index (χ3v) is 5.24. The summed E-state index contributed by atoms with van der Waals surface area (Å²) in [6.07, 6.45) is 0. The Morgan fingerprint density at radius 2 is 1.75 bits per heavy atom. The summed E-state index contributed by atoms with van der Waals surface area (Å²) >= 11 is 0. The van der Waals surface area contributed by atoms with Crippen molar-refractivity contribution in [3.05, 3.63) is 81.4 Å². The predicted octanol–water partition coefficient (Wildman–Crippen LogP) is 4.79. The van der Waals surface area contributed by atoms with Gasteiger partial charge in [-0.1, -0.05) is 65.0 Å². The van der Waals surface area contributed by atoms with Crippen molar-refractivity contribution >= 4 is 5.65 Å². The molecule has 28 heavy (non-hydrogen) atoms. The smallest absolute Gasteiger partial charge is 0.258 e. The number of aryl methyl sites for hydroxylation is 1. The van der Waals surface area contributed by atoms with Crippen LogP contribution in [0.2, 0.25) is 0 Å². The van der Waals surface area contributed by atoms with E-state index in [1.54, 1.807) is 10.5 Å². The highest BCUT2D eigenvalue weighted by atomic mass is 16.1. The summed E-state index contributed by atoms with van der Waals surface area (Å²) in [6, 6.07) is 16.4. The third kappa shape index (κ3) is 4.33. The molecule has 1 aromatic carbocycles. The molecule has 1 atom stereocenters. The third-order valence-electron chi connectivity index (χ3n) is 5.24. The Balaban J connectivity index is 1.83. The fraction of sp³-hybridized carbons (Fsp3) is 0.417. The molecule has 0 saturated heterocycles. The number of nitrogens with zero attached hydrogens (tertiary/aromatic N) is 2. The maximum Gasteiger partial charge on any atom is 0.258 e. The second-order valence-corrected chi connectivity index (χ2v) is 8.92. The number of fused-ring (bicyclic) bond motifs is 1. The van der Waals surface area contributed by atoms with Crippen molar-refractivity contribution in [1.82, 2.24) is 14.7 Å². The van der Waals surface area contributed by atoms with Crippen molar-refractivity contribution in [3.8, 4) is 0 Å². The summed E-state index contributed by atoms with van der Waals surface area (Å²) in [5, 5.41) is 3.61. The first-order valence-electron chi connectivity index (χ1n) is 9.99.